The number of non-ortho nitro benzene ring substituents is 1. The quantitative estimate of drug-likeness (QED) is 0.477. The lowest BCUT2D eigenvalue weighted by atomic mass is 9.81. The van der Waals surface area contributed by atoms with Gasteiger partial charge in [-0.15, -0.1) is 0 Å². The van der Waals surface area contributed by atoms with Crippen molar-refractivity contribution in [2.75, 3.05) is 4.90 Å². The highest BCUT2D eigenvalue weighted by Gasteiger charge is 2.61. The van der Waals surface area contributed by atoms with Crippen molar-refractivity contribution in [1.82, 2.24) is 0 Å². The number of nitrogens with zero attached hydrogens (tertiary/aromatic N) is 2. The number of nitro benzene ring substituents is 1. The number of rotatable bonds is 2. The summed E-state index contributed by atoms with van der Waals surface area (Å²) < 4.78 is 14.0. The Morgan fingerprint density at radius 1 is 1.14 bits per heavy atom. The first-order valence-electron chi connectivity index (χ1n) is 7.31. The zero-order valence-corrected chi connectivity index (χ0v) is 11.6. The van der Waals surface area contributed by atoms with Gasteiger partial charge < -0.3 is 0 Å². The van der Waals surface area contributed by atoms with Crippen molar-refractivity contribution < 1.29 is 18.9 Å². The molecule has 0 spiro atoms. The van der Waals surface area contributed by atoms with Gasteiger partial charge in [-0.2, -0.15) is 0 Å². The van der Waals surface area contributed by atoms with Gasteiger partial charge in [0.2, 0.25) is 11.8 Å². The van der Waals surface area contributed by atoms with Crippen LogP contribution in [0.25, 0.3) is 0 Å². The molecule has 2 aliphatic carbocycles. The number of imide groups is 1. The number of anilines is 1. The second-order valence-electron chi connectivity index (χ2n) is 6.29. The largest absolute Gasteiger partial charge is 0.274 e. The Morgan fingerprint density at radius 2 is 1.73 bits per heavy atom. The van der Waals surface area contributed by atoms with Gasteiger partial charge in [0.25, 0.3) is 5.69 Å². The Balaban J connectivity index is 1.78. The number of benzene rings is 1. The molecule has 7 heteroatoms. The maximum Gasteiger partial charge on any atom is 0.271 e. The third-order valence-electron chi connectivity index (χ3n) is 5.31. The van der Waals surface area contributed by atoms with Gasteiger partial charge in [0, 0.05) is 12.1 Å². The van der Waals surface area contributed by atoms with Crippen LogP contribution in [0.3, 0.4) is 0 Å². The fourth-order valence-electron chi connectivity index (χ4n) is 4.43. The number of hydrogen-bond acceptors (Lipinski definition) is 4. The fraction of sp³-hybridized carbons (Fsp3) is 0.467. The average Bonchev–Trinajstić information content (AvgIpc) is 3.14. The van der Waals surface area contributed by atoms with E-state index in [4.69, 9.17) is 0 Å². The second kappa shape index (κ2) is 4.34. The molecule has 114 valence electrons. The van der Waals surface area contributed by atoms with Gasteiger partial charge >= 0.3 is 0 Å². The second-order valence-corrected chi connectivity index (χ2v) is 6.29. The third-order valence-corrected chi connectivity index (χ3v) is 5.31. The molecule has 3 aliphatic rings. The highest BCUT2D eigenvalue weighted by atomic mass is 19.1. The predicted molar refractivity (Wildman–Crippen MR) is 73.4 cm³/mol. The molecule has 4 rings (SSSR count). The van der Waals surface area contributed by atoms with E-state index in [1.165, 1.54) is 0 Å². The van der Waals surface area contributed by atoms with Crippen LogP contribution in [0, 0.1) is 39.6 Å². The highest BCUT2D eigenvalue weighted by molar-refractivity contribution is 6.22. The first-order valence-corrected chi connectivity index (χ1v) is 7.31. The van der Waals surface area contributed by atoms with Gasteiger partial charge in [-0.25, -0.2) is 9.29 Å². The van der Waals surface area contributed by atoms with Crippen molar-refractivity contribution in [3.8, 4) is 0 Å². The van der Waals surface area contributed by atoms with Crippen LogP contribution in [0.5, 0.6) is 0 Å². The minimum atomic E-state index is -0.792. The van der Waals surface area contributed by atoms with E-state index < -0.39 is 22.6 Å². The average molecular weight is 304 g/mol. The minimum Gasteiger partial charge on any atom is -0.274 e. The Kier molecular flexibility index (Phi) is 2.64. The number of carbonyl (C=O) groups is 2. The molecule has 2 bridgehead atoms. The zero-order valence-electron chi connectivity index (χ0n) is 11.6. The van der Waals surface area contributed by atoms with Gasteiger partial charge in [0.15, 0.2) is 0 Å². The van der Waals surface area contributed by atoms with Crippen molar-refractivity contribution in [1.29, 1.82) is 0 Å². The van der Waals surface area contributed by atoms with E-state index in [-0.39, 0.29) is 35.0 Å². The van der Waals surface area contributed by atoms with E-state index in [1.54, 1.807) is 0 Å². The molecular weight excluding hydrogens is 291 g/mol. The summed E-state index contributed by atoms with van der Waals surface area (Å²) in [7, 11) is 0. The van der Waals surface area contributed by atoms with Crippen LogP contribution in [-0.4, -0.2) is 16.7 Å². The molecule has 2 amide bonds. The van der Waals surface area contributed by atoms with Crippen LogP contribution in [0.2, 0.25) is 0 Å². The summed E-state index contributed by atoms with van der Waals surface area (Å²) in [5.41, 5.74) is -0.630. The molecule has 1 aromatic carbocycles. The van der Waals surface area contributed by atoms with Crippen LogP contribution in [-0.2, 0) is 9.59 Å². The fourth-order valence-corrected chi connectivity index (χ4v) is 4.43. The summed E-state index contributed by atoms with van der Waals surface area (Å²) in [6, 6.07) is 2.92. The van der Waals surface area contributed by atoms with Crippen molar-refractivity contribution in [2.45, 2.75) is 19.3 Å². The van der Waals surface area contributed by atoms with Gasteiger partial charge in [-0.05, 0) is 37.2 Å². The lowest BCUT2D eigenvalue weighted by Gasteiger charge is -2.19. The predicted octanol–water partition coefficient (Wildman–Crippen LogP) is 2.27. The topological polar surface area (TPSA) is 80.5 Å². The molecule has 4 atom stereocenters. The zero-order chi connectivity index (χ0) is 15.6. The number of halogens is 1. The first kappa shape index (κ1) is 13.4. The van der Waals surface area contributed by atoms with Crippen LogP contribution in [0.15, 0.2) is 18.2 Å². The molecule has 6 nitrogen and oxygen atoms in total. The Hall–Kier alpha value is -2.31. The number of fused-ring (bicyclic) bond motifs is 5. The van der Waals surface area contributed by atoms with E-state index in [0.717, 1.165) is 42.4 Å². The summed E-state index contributed by atoms with van der Waals surface area (Å²) in [5.74, 6) is -1.95. The van der Waals surface area contributed by atoms with Crippen molar-refractivity contribution in [3.63, 3.8) is 0 Å². The highest BCUT2D eigenvalue weighted by Crippen LogP contribution is 2.56. The summed E-state index contributed by atoms with van der Waals surface area (Å²) in [5, 5.41) is 10.8. The molecule has 0 radical (unpaired) electrons. The maximum atomic E-state index is 14.0. The summed E-state index contributed by atoms with van der Waals surface area (Å²) in [6.45, 7) is 0. The van der Waals surface area contributed by atoms with Crippen LogP contribution in [0.1, 0.15) is 19.3 Å². The molecule has 0 N–H and O–H groups in total. The summed E-state index contributed by atoms with van der Waals surface area (Å²) >= 11 is 0. The molecule has 1 aliphatic heterocycles. The molecule has 2 saturated carbocycles. The van der Waals surface area contributed by atoms with Crippen LogP contribution < -0.4 is 4.90 Å². The number of hydrogen-bond donors (Lipinski definition) is 0. The SMILES string of the molecule is O=C1[C@H]2[C@@H]3CC[C@@H](C3)[C@@H]2C(=O)N1c1cc([N+](=O)[O-])ccc1F. The maximum absolute atomic E-state index is 14.0. The Bertz CT molecular complexity index is 691. The van der Waals surface area contributed by atoms with E-state index >= 15 is 0 Å². The van der Waals surface area contributed by atoms with E-state index in [9.17, 15) is 24.1 Å². The molecule has 22 heavy (non-hydrogen) atoms. The van der Waals surface area contributed by atoms with Crippen LogP contribution in [0.4, 0.5) is 15.8 Å². The van der Waals surface area contributed by atoms with Crippen LogP contribution >= 0.6 is 0 Å². The number of amides is 2. The van der Waals surface area contributed by atoms with E-state index in [1.807, 2.05) is 0 Å². The lowest BCUT2D eigenvalue weighted by molar-refractivity contribution is -0.384. The first-order chi connectivity index (χ1) is 10.5. The van der Waals surface area contributed by atoms with Crippen molar-refractivity contribution >= 4 is 23.2 Å². The lowest BCUT2D eigenvalue weighted by Crippen LogP contribution is -2.33. The molecule has 0 aromatic heterocycles. The molecule has 0 unspecified atom stereocenters. The molecule has 3 fully saturated rings. The molecule has 1 saturated heterocycles. The third kappa shape index (κ3) is 1.59. The minimum absolute atomic E-state index is 0.193. The Labute approximate surface area is 125 Å². The van der Waals surface area contributed by atoms with E-state index in [2.05, 4.69) is 0 Å². The van der Waals surface area contributed by atoms with Gasteiger partial charge in [-0.1, -0.05) is 0 Å². The molecule has 1 aromatic rings. The van der Waals surface area contributed by atoms with Crippen molar-refractivity contribution in [2.24, 2.45) is 23.7 Å². The standard InChI is InChI=1S/C15H13FN2O4/c16-10-4-3-9(18(21)22)6-11(10)17-14(19)12-7-1-2-8(5-7)13(12)15(17)20/h3-4,6-8,12-13H,1-2,5H2/t7-,8+,12-,13-/m0/s1. The Morgan fingerprint density at radius 3 is 2.27 bits per heavy atom. The van der Waals surface area contributed by atoms with Gasteiger partial charge in [-0.3, -0.25) is 19.7 Å². The molecule has 1 heterocycles. The van der Waals surface area contributed by atoms with Crippen molar-refractivity contribution in [3.05, 3.63) is 34.1 Å². The number of nitro groups is 1. The summed E-state index contributed by atoms with van der Waals surface area (Å²) in [4.78, 5) is 36.2. The number of carbonyl (C=O) groups excluding carboxylic acids is 2. The van der Waals surface area contributed by atoms with E-state index in [0.29, 0.717) is 0 Å². The van der Waals surface area contributed by atoms with Gasteiger partial charge in [0.05, 0.1) is 22.4 Å². The summed E-state index contributed by atoms with van der Waals surface area (Å²) in [6.07, 6.45) is 2.74. The molecular formula is C15H13FN2O4. The normalized spacial score (nSPS) is 32.7. The van der Waals surface area contributed by atoms with Gasteiger partial charge in [0.1, 0.15) is 5.82 Å². The monoisotopic (exact) mass is 304 g/mol. The smallest absolute Gasteiger partial charge is 0.271 e.